The Morgan fingerprint density at radius 1 is 1.29 bits per heavy atom. The van der Waals surface area contributed by atoms with Gasteiger partial charge in [0.2, 0.25) is 0 Å². The standard InChI is InChI=1S/C15H15ClN2O3/c1-21-10-14(11-5-3-2-4-6-11)17-12-7-8-15(18(19)20)13(16)9-12/h2-9,14,17H,10H2,1H3. The van der Waals surface area contributed by atoms with Gasteiger partial charge < -0.3 is 10.1 Å². The van der Waals surface area contributed by atoms with E-state index in [4.69, 9.17) is 16.3 Å². The van der Waals surface area contributed by atoms with Gasteiger partial charge in [0.25, 0.3) is 5.69 Å². The Morgan fingerprint density at radius 2 is 2.00 bits per heavy atom. The number of methoxy groups -OCH3 is 1. The molecule has 21 heavy (non-hydrogen) atoms. The van der Waals surface area contributed by atoms with Gasteiger partial charge in [-0.1, -0.05) is 41.9 Å². The van der Waals surface area contributed by atoms with E-state index in [0.29, 0.717) is 12.3 Å². The van der Waals surface area contributed by atoms with Gasteiger partial charge >= 0.3 is 0 Å². The van der Waals surface area contributed by atoms with Gasteiger partial charge in [-0.2, -0.15) is 0 Å². The second kappa shape index (κ2) is 7.06. The molecule has 0 radical (unpaired) electrons. The topological polar surface area (TPSA) is 64.4 Å². The molecule has 0 bridgehead atoms. The van der Waals surface area contributed by atoms with Crippen LogP contribution in [0.3, 0.4) is 0 Å². The van der Waals surface area contributed by atoms with Gasteiger partial charge in [0.15, 0.2) is 0 Å². The van der Waals surface area contributed by atoms with Crippen molar-refractivity contribution in [2.24, 2.45) is 0 Å². The average molecular weight is 307 g/mol. The number of hydrogen-bond acceptors (Lipinski definition) is 4. The monoisotopic (exact) mass is 306 g/mol. The minimum atomic E-state index is -0.504. The van der Waals surface area contributed by atoms with Crippen LogP contribution in [0.5, 0.6) is 0 Å². The Hall–Kier alpha value is -2.11. The largest absolute Gasteiger partial charge is 0.382 e. The first-order valence-corrected chi connectivity index (χ1v) is 6.74. The number of nitrogens with zero attached hydrogens (tertiary/aromatic N) is 1. The van der Waals surface area contributed by atoms with Crippen LogP contribution in [0, 0.1) is 10.1 Å². The first-order valence-electron chi connectivity index (χ1n) is 6.36. The highest BCUT2D eigenvalue weighted by Crippen LogP contribution is 2.29. The van der Waals surface area contributed by atoms with Crippen LogP contribution in [0.1, 0.15) is 11.6 Å². The number of nitro groups is 1. The summed E-state index contributed by atoms with van der Waals surface area (Å²) in [5.41, 5.74) is 1.66. The lowest BCUT2D eigenvalue weighted by Crippen LogP contribution is -2.16. The summed E-state index contributed by atoms with van der Waals surface area (Å²) in [6.07, 6.45) is 0. The summed E-state index contributed by atoms with van der Waals surface area (Å²) in [5, 5.41) is 14.1. The fourth-order valence-electron chi connectivity index (χ4n) is 2.02. The highest BCUT2D eigenvalue weighted by atomic mass is 35.5. The summed E-state index contributed by atoms with van der Waals surface area (Å²) < 4.78 is 5.22. The van der Waals surface area contributed by atoms with Crippen molar-refractivity contribution in [3.8, 4) is 0 Å². The van der Waals surface area contributed by atoms with E-state index in [0.717, 1.165) is 5.56 Å². The number of nitrogens with one attached hydrogen (secondary N) is 1. The van der Waals surface area contributed by atoms with Gasteiger partial charge in [-0.25, -0.2) is 0 Å². The van der Waals surface area contributed by atoms with E-state index in [1.54, 1.807) is 19.2 Å². The molecule has 2 aromatic rings. The van der Waals surface area contributed by atoms with E-state index in [2.05, 4.69) is 5.32 Å². The smallest absolute Gasteiger partial charge is 0.288 e. The summed E-state index contributed by atoms with van der Waals surface area (Å²) in [5.74, 6) is 0. The van der Waals surface area contributed by atoms with Crippen molar-refractivity contribution in [1.82, 2.24) is 0 Å². The van der Waals surface area contributed by atoms with Crippen LogP contribution in [0.15, 0.2) is 48.5 Å². The van der Waals surface area contributed by atoms with Crippen molar-refractivity contribution in [3.63, 3.8) is 0 Å². The van der Waals surface area contributed by atoms with E-state index in [1.165, 1.54) is 6.07 Å². The first kappa shape index (κ1) is 15.3. The molecule has 0 aliphatic heterocycles. The van der Waals surface area contributed by atoms with Crippen LogP contribution in [0.25, 0.3) is 0 Å². The Kier molecular flexibility index (Phi) is 5.14. The molecular formula is C15H15ClN2O3. The molecule has 0 saturated carbocycles. The second-order valence-electron chi connectivity index (χ2n) is 4.49. The van der Waals surface area contributed by atoms with Crippen molar-refractivity contribution in [1.29, 1.82) is 0 Å². The molecule has 0 aromatic heterocycles. The number of hydrogen-bond donors (Lipinski definition) is 1. The maximum absolute atomic E-state index is 10.8. The predicted octanol–water partition coefficient (Wildman–Crippen LogP) is 4.05. The minimum Gasteiger partial charge on any atom is -0.382 e. The Balaban J connectivity index is 2.21. The Labute approximate surface area is 127 Å². The van der Waals surface area contributed by atoms with Gasteiger partial charge in [-0.3, -0.25) is 10.1 Å². The maximum atomic E-state index is 10.8. The van der Waals surface area contributed by atoms with Crippen LogP contribution >= 0.6 is 11.6 Å². The summed E-state index contributed by atoms with van der Waals surface area (Å²) in [6.45, 7) is 0.471. The van der Waals surface area contributed by atoms with E-state index < -0.39 is 4.92 Å². The lowest BCUT2D eigenvalue weighted by atomic mass is 10.1. The third kappa shape index (κ3) is 3.93. The van der Waals surface area contributed by atoms with E-state index in [1.807, 2.05) is 30.3 Å². The number of nitro benzene ring substituents is 1. The van der Waals surface area contributed by atoms with Crippen molar-refractivity contribution in [2.75, 3.05) is 19.0 Å². The maximum Gasteiger partial charge on any atom is 0.288 e. The molecule has 0 aliphatic rings. The molecule has 110 valence electrons. The molecule has 1 atom stereocenters. The third-order valence-corrected chi connectivity index (χ3v) is 3.32. The predicted molar refractivity (Wildman–Crippen MR) is 82.8 cm³/mol. The minimum absolute atomic E-state index is 0.0614. The zero-order chi connectivity index (χ0) is 15.2. The highest BCUT2D eigenvalue weighted by Gasteiger charge is 2.15. The fourth-order valence-corrected chi connectivity index (χ4v) is 2.27. The van der Waals surface area contributed by atoms with E-state index in [9.17, 15) is 10.1 Å². The van der Waals surface area contributed by atoms with Gasteiger partial charge in [0, 0.05) is 18.9 Å². The van der Waals surface area contributed by atoms with Crippen LogP contribution in [0.4, 0.5) is 11.4 Å². The molecule has 0 fully saturated rings. The number of rotatable bonds is 6. The number of halogens is 1. The van der Waals surface area contributed by atoms with Crippen molar-refractivity contribution < 1.29 is 9.66 Å². The molecule has 0 aliphatic carbocycles. The van der Waals surface area contributed by atoms with Gasteiger partial charge in [-0.15, -0.1) is 0 Å². The summed E-state index contributed by atoms with van der Waals surface area (Å²) in [7, 11) is 1.63. The molecular weight excluding hydrogens is 292 g/mol. The lowest BCUT2D eigenvalue weighted by Gasteiger charge is -2.19. The second-order valence-corrected chi connectivity index (χ2v) is 4.89. The first-order chi connectivity index (χ1) is 10.1. The molecule has 1 N–H and O–H groups in total. The quantitative estimate of drug-likeness (QED) is 0.646. The number of ether oxygens (including phenoxy) is 1. The number of anilines is 1. The van der Waals surface area contributed by atoms with Gasteiger partial charge in [0.1, 0.15) is 5.02 Å². The zero-order valence-corrected chi connectivity index (χ0v) is 12.2. The molecule has 0 amide bonds. The SMILES string of the molecule is COCC(Nc1ccc([N+](=O)[O-])c(Cl)c1)c1ccccc1. The van der Waals surface area contributed by atoms with Gasteiger partial charge in [0.05, 0.1) is 17.6 Å². The van der Waals surface area contributed by atoms with Crippen molar-refractivity contribution in [3.05, 3.63) is 69.2 Å². The molecule has 5 nitrogen and oxygen atoms in total. The van der Waals surface area contributed by atoms with Crippen molar-refractivity contribution >= 4 is 23.0 Å². The van der Waals surface area contributed by atoms with E-state index in [-0.39, 0.29) is 16.8 Å². The molecule has 0 saturated heterocycles. The molecule has 2 aromatic carbocycles. The van der Waals surface area contributed by atoms with E-state index >= 15 is 0 Å². The van der Waals surface area contributed by atoms with Crippen LogP contribution in [-0.2, 0) is 4.74 Å². The summed E-state index contributed by atoms with van der Waals surface area (Å²) in [4.78, 5) is 10.3. The number of benzene rings is 2. The molecule has 2 rings (SSSR count). The normalized spacial score (nSPS) is 11.9. The zero-order valence-electron chi connectivity index (χ0n) is 11.5. The fraction of sp³-hybridized carbons (Fsp3) is 0.200. The van der Waals surface area contributed by atoms with Crippen LogP contribution < -0.4 is 5.32 Å². The van der Waals surface area contributed by atoms with Gasteiger partial charge in [-0.05, 0) is 17.7 Å². The lowest BCUT2D eigenvalue weighted by molar-refractivity contribution is -0.384. The average Bonchev–Trinajstić information content (AvgIpc) is 2.47. The molecule has 1 unspecified atom stereocenters. The Morgan fingerprint density at radius 3 is 2.57 bits per heavy atom. The molecule has 6 heteroatoms. The van der Waals surface area contributed by atoms with Crippen LogP contribution in [0.2, 0.25) is 5.02 Å². The molecule has 0 spiro atoms. The summed E-state index contributed by atoms with van der Waals surface area (Å²) in [6, 6.07) is 14.3. The summed E-state index contributed by atoms with van der Waals surface area (Å²) >= 11 is 5.92. The van der Waals surface area contributed by atoms with Crippen LogP contribution in [-0.4, -0.2) is 18.6 Å². The van der Waals surface area contributed by atoms with Crippen molar-refractivity contribution in [2.45, 2.75) is 6.04 Å². The highest BCUT2D eigenvalue weighted by molar-refractivity contribution is 6.32. The molecule has 0 heterocycles. The Bertz CT molecular complexity index is 620. The third-order valence-electron chi connectivity index (χ3n) is 3.02.